The molecule has 210 valence electrons. The zero-order valence-electron chi connectivity index (χ0n) is 24.0. The van der Waals surface area contributed by atoms with Gasteiger partial charge in [-0.15, -0.1) is 0 Å². The predicted octanol–water partition coefficient (Wildman–Crippen LogP) is 4.89. The van der Waals surface area contributed by atoms with E-state index in [1.807, 2.05) is 45.3 Å². The van der Waals surface area contributed by atoms with E-state index in [4.69, 9.17) is 18.9 Å². The Morgan fingerprint density at radius 2 is 1.82 bits per heavy atom. The van der Waals surface area contributed by atoms with Crippen molar-refractivity contribution in [3.63, 3.8) is 0 Å². The molecule has 0 atom stereocenters. The van der Waals surface area contributed by atoms with Crippen molar-refractivity contribution in [2.45, 2.75) is 65.5 Å². The van der Waals surface area contributed by atoms with Crippen LogP contribution in [-0.4, -0.2) is 79.1 Å². The molecule has 1 aliphatic rings. The highest BCUT2D eigenvalue weighted by Gasteiger charge is 2.22. The van der Waals surface area contributed by atoms with E-state index in [9.17, 15) is 0 Å². The lowest BCUT2D eigenvalue weighted by Crippen LogP contribution is -2.34. The van der Waals surface area contributed by atoms with Gasteiger partial charge >= 0.3 is 0 Å². The molecular weight excluding hydrogens is 482 g/mol. The average molecular weight is 528 g/mol. The van der Waals surface area contributed by atoms with Gasteiger partial charge in [0.1, 0.15) is 17.6 Å². The molecule has 0 saturated heterocycles. The number of aldehydes is 1. The number of anilines is 3. The van der Waals surface area contributed by atoms with Gasteiger partial charge in [-0.3, -0.25) is 5.32 Å². The Balaban J connectivity index is 0.000000947. The minimum Gasteiger partial charge on any atom is -0.488 e. The summed E-state index contributed by atoms with van der Waals surface area (Å²) in [6, 6.07) is 7.15. The molecule has 1 fully saturated rings. The first-order chi connectivity index (χ1) is 18.5. The Kier molecular flexibility index (Phi) is 13.5. The molecule has 0 unspecified atom stereocenters. The van der Waals surface area contributed by atoms with Crippen molar-refractivity contribution in [1.29, 1.82) is 0 Å². The second kappa shape index (κ2) is 16.6. The largest absolute Gasteiger partial charge is 0.488 e. The lowest BCUT2D eigenvalue weighted by Gasteiger charge is -2.28. The molecule has 38 heavy (non-hydrogen) atoms. The number of hydrogen-bond acceptors (Lipinski definition) is 10. The molecule has 4 rings (SSSR count). The number of ether oxygens (including phenoxy) is 1. The number of oxazole rings is 1. The van der Waals surface area contributed by atoms with Crippen molar-refractivity contribution in [3.05, 3.63) is 30.6 Å². The zero-order valence-corrected chi connectivity index (χ0v) is 24.0. The number of aromatic nitrogens is 3. The summed E-state index contributed by atoms with van der Waals surface area (Å²) in [4.78, 5) is 26.7. The first-order valence-electron chi connectivity index (χ1n) is 13.6. The maximum absolute atomic E-state index is 8.81. The van der Waals surface area contributed by atoms with E-state index in [1.165, 1.54) is 6.92 Å². The predicted molar refractivity (Wildman–Crippen MR) is 155 cm³/mol. The van der Waals surface area contributed by atoms with E-state index < -0.39 is 0 Å². The van der Waals surface area contributed by atoms with Crippen molar-refractivity contribution >= 4 is 35.0 Å². The molecule has 1 aromatic carbocycles. The lowest BCUT2D eigenvalue weighted by atomic mass is 9.93. The molecule has 1 aliphatic carbocycles. The topological polar surface area (TPSA) is 109 Å². The van der Waals surface area contributed by atoms with E-state index in [1.54, 1.807) is 6.20 Å². The normalized spacial score (nSPS) is 16.6. The number of carbonyl (C=O) groups excluding carboxylic acids is 1. The molecule has 10 heteroatoms. The molecule has 0 bridgehead atoms. The Morgan fingerprint density at radius 3 is 2.45 bits per heavy atom. The number of rotatable bonds is 10. The van der Waals surface area contributed by atoms with Crippen LogP contribution >= 0.6 is 0 Å². The third kappa shape index (κ3) is 9.25. The quantitative estimate of drug-likeness (QED) is 0.354. The smallest absolute Gasteiger partial charge is 0.299 e. The Labute approximate surface area is 227 Å². The lowest BCUT2D eigenvalue weighted by molar-refractivity contribution is -0.106. The fourth-order valence-electron chi connectivity index (χ4n) is 4.12. The van der Waals surface area contributed by atoms with E-state index >= 15 is 0 Å². The number of para-hydroxylation sites is 1. The molecule has 0 amide bonds. The number of benzene rings is 1. The first kappa shape index (κ1) is 31.0. The maximum Gasteiger partial charge on any atom is 0.299 e. The number of fused-ring (bicyclic) bond motifs is 1. The Bertz CT molecular complexity index is 1080. The van der Waals surface area contributed by atoms with Crippen molar-refractivity contribution in [2.75, 3.05) is 51.0 Å². The van der Waals surface area contributed by atoms with Gasteiger partial charge in [-0.2, -0.15) is 4.98 Å². The van der Waals surface area contributed by atoms with Crippen molar-refractivity contribution in [2.24, 2.45) is 0 Å². The van der Waals surface area contributed by atoms with Gasteiger partial charge in [-0.05, 0) is 66.7 Å². The molecule has 2 heterocycles. The molecular formula is C28H45N7O3. The first-order valence-corrected chi connectivity index (χ1v) is 13.6. The van der Waals surface area contributed by atoms with Crippen LogP contribution in [0.25, 0.3) is 10.9 Å². The summed E-state index contributed by atoms with van der Waals surface area (Å²) >= 11 is 0. The summed E-state index contributed by atoms with van der Waals surface area (Å²) in [5.74, 6) is 1.76. The third-order valence-corrected chi connectivity index (χ3v) is 6.15. The number of nitrogens with zero attached hydrogens (tertiary/aromatic N) is 5. The van der Waals surface area contributed by atoms with Crippen molar-refractivity contribution < 1.29 is 13.9 Å². The average Bonchev–Trinajstić information content (AvgIpc) is 3.39. The van der Waals surface area contributed by atoms with Crippen LogP contribution in [0.1, 0.15) is 53.4 Å². The molecule has 2 N–H and O–H groups in total. The van der Waals surface area contributed by atoms with E-state index in [0.717, 1.165) is 68.3 Å². The van der Waals surface area contributed by atoms with Gasteiger partial charge in [0.2, 0.25) is 11.8 Å². The van der Waals surface area contributed by atoms with Gasteiger partial charge in [0.25, 0.3) is 6.01 Å². The molecule has 3 aromatic rings. The SMILES string of the molecule is CC.CC=O.CCN(CCN(C)C)c1ncc(Nc2ncc3cccc(OC4CCC(NC)CC4)c3n2)o1. The summed E-state index contributed by atoms with van der Waals surface area (Å²) in [6.45, 7) is 10.1. The van der Waals surface area contributed by atoms with Crippen LogP contribution in [0.2, 0.25) is 0 Å². The summed E-state index contributed by atoms with van der Waals surface area (Å²) in [5.41, 5.74) is 0.798. The van der Waals surface area contributed by atoms with E-state index in [2.05, 4.69) is 51.4 Å². The monoisotopic (exact) mass is 527 g/mol. The molecule has 0 spiro atoms. The highest BCUT2D eigenvalue weighted by atomic mass is 16.5. The van der Waals surface area contributed by atoms with Crippen LogP contribution in [0.3, 0.4) is 0 Å². The van der Waals surface area contributed by atoms with E-state index in [-0.39, 0.29) is 6.10 Å². The van der Waals surface area contributed by atoms with Crippen LogP contribution in [0.15, 0.2) is 35.0 Å². The van der Waals surface area contributed by atoms with Gasteiger partial charge in [0, 0.05) is 37.3 Å². The Hall–Kier alpha value is -3.24. The van der Waals surface area contributed by atoms with Gasteiger partial charge in [0.15, 0.2) is 0 Å². The van der Waals surface area contributed by atoms with Gasteiger partial charge in [-0.25, -0.2) is 9.97 Å². The van der Waals surface area contributed by atoms with Crippen LogP contribution in [0.4, 0.5) is 17.8 Å². The molecule has 2 aromatic heterocycles. The van der Waals surface area contributed by atoms with Crippen LogP contribution in [0.5, 0.6) is 5.75 Å². The fourth-order valence-corrected chi connectivity index (χ4v) is 4.12. The van der Waals surface area contributed by atoms with Crippen LogP contribution in [-0.2, 0) is 4.79 Å². The van der Waals surface area contributed by atoms with Gasteiger partial charge in [-0.1, -0.05) is 26.0 Å². The van der Waals surface area contributed by atoms with Crippen molar-refractivity contribution in [3.8, 4) is 5.75 Å². The fraction of sp³-hybridized carbons (Fsp3) is 0.571. The summed E-state index contributed by atoms with van der Waals surface area (Å²) in [5, 5.41) is 7.47. The minimum atomic E-state index is 0.214. The summed E-state index contributed by atoms with van der Waals surface area (Å²) in [6.07, 6.45) is 8.79. The minimum absolute atomic E-state index is 0.214. The van der Waals surface area contributed by atoms with Crippen molar-refractivity contribution in [1.82, 2.24) is 25.2 Å². The zero-order chi connectivity index (χ0) is 27.9. The number of likely N-dealkylation sites (N-methyl/N-ethyl adjacent to an activating group) is 2. The number of nitrogens with one attached hydrogen (secondary N) is 2. The number of hydrogen-bond donors (Lipinski definition) is 2. The second-order valence-corrected chi connectivity index (χ2v) is 9.02. The molecule has 1 saturated carbocycles. The second-order valence-electron chi connectivity index (χ2n) is 9.02. The molecule has 0 radical (unpaired) electrons. The highest BCUT2D eigenvalue weighted by Crippen LogP contribution is 2.30. The van der Waals surface area contributed by atoms with Gasteiger partial charge < -0.3 is 29.1 Å². The maximum atomic E-state index is 8.81. The third-order valence-electron chi connectivity index (χ3n) is 6.15. The highest BCUT2D eigenvalue weighted by molar-refractivity contribution is 5.84. The standard InChI is InChI=1S/C24H35N7O2.C2H4O.C2H6/c1-5-31(14-13-30(3)4)24-27-16-21(33-24)28-23-26-15-17-7-6-8-20(22(17)29-23)32-19-11-9-18(25-2)10-12-19;1-2-3;1-2/h6-8,15-16,18-19,25H,5,9-14H2,1-4H3,(H,26,28,29);2H,1H3;1-2H3. The number of carbonyl (C=O) groups is 1. The summed E-state index contributed by atoms with van der Waals surface area (Å²) < 4.78 is 12.3. The van der Waals surface area contributed by atoms with E-state index in [0.29, 0.717) is 23.9 Å². The molecule has 0 aliphatic heterocycles. The Morgan fingerprint density at radius 1 is 1.11 bits per heavy atom. The summed E-state index contributed by atoms with van der Waals surface area (Å²) in [7, 11) is 6.14. The molecule has 10 nitrogen and oxygen atoms in total. The van der Waals surface area contributed by atoms with Crippen LogP contribution in [0, 0.1) is 0 Å². The van der Waals surface area contributed by atoms with Gasteiger partial charge in [0.05, 0.1) is 12.3 Å². The van der Waals surface area contributed by atoms with Crippen LogP contribution < -0.4 is 20.3 Å².